The predicted octanol–water partition coefficient (Wildman–Crippen LogP) is 5.35. The fourth-order valence-electron chi connectivity index (χ4n) is 4.49. The second kappa shape index (κ2) is 7.45. The SMILES string of the molecule is Cc1c(C(C)O)cc2n(c1=O)Cc1c-2nc2ccc(OC(F)(F)F)cc2c1-c1ccccc1. The molecular formula is C25H19F3N2O3. The van der Waals surface area contributed by atoms with Crippen molar-refractivity contribution in [3.05, 3.63) is 81.6 Å². The highest BCUT2D eigenvalue weighted by Gasteiger charge is 2.32. The van der Waals surface area contributed by atoms with Crippen LogP contribution in [-0.4, -0.2) is 21.0 Å². The Morgan fingerprint density at radius 2 is 1.85 bits per heavy atom. The Morgan fingerprint density at radius 1 is 1.12 bits per heavy atom. The zero-order valence-electron chi connectivity index (χ0n) is 17.8. The monoisotopic (exact) mass is 452 g/mol. The van der Waals surface area contributed by atoms with Gasteiger partial charge in [-0.2, -0.15) is 0 Å². The molecule has 1 atom stereocenters. The quantitative estimate of drug-likeness (QED) is 0.401. The van der Waals surface area contributed by atoms with Crippen molar-refractivity contribution in [2.24, 2.45) is 0 Å². The topological polar surface area (TPSA) is 64.4 Å². The first-order valence-corrected chi connectivity index (χ1v) is 10.3. The van der Waals surface area contributed by atoms with Gasteiger partial charge in [-0.25, -0.2) is 4.98 Å². The molecule has 0 bridgehead atoms. The number of nitrogens with zero attached hydrogens (tertiary/aromatic N) is 2. The molecule has 2 aromatic carbocycles. The third kappa shape index (κ3) is 3.56. The van der Waals surface area contributed by atoms with Gasteiger partial charge in [-0.15, -0.1) is 13.2 Å². The minimum absolute atomic E-state index is 0.224. The second-order valence-electron chi connectivity index (χ2n) is 8.08. The average Bonchev–Trinajstić information content (AvgIpc) is 3.12. The molecule has 1 unspecified atom stereocenters. The van der Waals surface area contributed by atoms with Crippen LogP contribution in [0.15, 0.2) is 59.4 Å². The van der Waals surface area contributed by atoms with Crippen LogP contribution in [0.2, 0.25) is 0 Å². The molecule has 0 spiro atoms. The van der Waals surface area contributed by atoms with Gasteiger partial charge in [0.1, 0.15) is 5.75 Å². The van der Waals surface area contributed by atoms with Crippen LogP contribution in [0.5, 0.6) is 5.75 Å². The molecule has 1 N–H and O–H groups in total. The van der Waals surface area contributed by atoms with E-state index in [1.807, 2.05) is 30.3 Å². The molecule has 168 valence electrons. The number of hydrogen-bond donors (Lipinski definition) is 1. The van der Waals surface area contributed by atoms with Gasteiger partial charge in [-0.3, -0.25) is 4.79 Å². The smallest absolute Gasteiger partial charge is 0.406 e. The van der Waals surface area contributed by atoms with E-state index in [4.69, 9.17) is 4.98 Å². The molecule has 2 aromatic heterocycles. The lowest BCUT2D eigenvalue weighted by Crippen LogP contribution is -2.23. The molecule has 0 amide bonds. The van der Waals surface area contributed by atoms with Crippen molar-refractivity contribution in [1.82, 2.24) is 9.55 Å². The average molecular weight is 452 g/mol. The van der Waals surface area contributed by atoms with E-state index in [2.05, 4.69) is 4.74 Å². The molecule has 3 heterocycles. The number of fused-ring (bicyclic) bond motifs is 4. The van der Waals surface area contributed by atoms with Crippen molar-refractivity contribution in [2.45, 2.75) is 32.9 Å². The van der Waals surface area contributed by atoms with E-state index in [0.29, 0.717) is 39.0 Å². The lowest BCUT2D eigenvalue weighted by atomic mass is 9.94. The number of pyridine rings is 2. The van der Waals surface area contributed by atoms with Crippen LogP contribution >= 0.6 is 0 Å². The molecule has 1 aliphatic heterocycles. The Kier molecular flexibility index (Phi) is 4.79. The number of alkyl halides is 3. The van der Waals surface area contributed by atoms with Crippen molar-refractivity contribution in [3.63, 3.8) is 0 Å². The highest BCUT2D eigenvalue weighted by molar-refractivity contribution is 6.00. The third-order valence-electron chi connectivity index (χ3n) is 5.94. The number of halogens is 3. The van der Waals surface area contributed by atoms with E-state index in [1.165, 1.54) is 18.2 Å². The van der Waals surface area contributed by atoms with Gasteiger partial charge in [0.15, 0.2) is 0 Å². The molecule has 0 aliphatic carbocycles. The maximum Gasteiger partial charge on any atom is 0.573 e. The number of aliphatic hydroxyl groups excluding tert-OH is 1. The summed E-state index contributed by atoms with van der Waals surface area (Å²) in [4.78, 5) is 17.8. The Labute approximate surface area is 186 Å². The second-order valence-corrected chi connectivity index (χ2v) is 8.08. The summed E-state index contributed by atoms with van der Waals surface area (Å²) < 4.78 is 44.3. The van der Waals surface area contributed by atoms with Crippen LogP contribution in [0.4, 0.5) is 13.2 Å². The maximum absolute atomic E-state index is 13.1. The van der Waals surface area contributed by atoms with Crippen LogP contribution in [-0.2, 0) is 6.54 Å². The molecule has 8 heteroatoms. The van der Waals surface area contributed by atoms with Crippen molar-refractivity contribution in [1.29, 1.82) is 0 Å². The number of aliphatic hydroxyl groups is 1. The van der Waals surface area contributed by atoms with E-state index in [-0.39, 0.29) is 17.9 Å². The molecule has 4 aromatic rings. The fourth-order valence-corrected chi connectivity index (χ4v) is 4.49. The van der Waals surface area contributed by atoms with Crippen molar-refractivity contribution in [2.75, 3.05) is 0 Å². The highest BCUT2D eigenvalue weighted by atomic mass is 19.4. The Bertz CT molecular complexity index is 1460. The third-order valence-corrected chi connectivity index (χ3v) is 5.94. The molecule has 0 radical (unpaired) electrons. The Hall–Kier alpha value is -3.65. The van der Waals surface area contributed by atoms with Gasteiger partial charge in [0.25, 0.3) is 5.56 Å². The number of hydrogen-bond acceptors (Lipinski definition) is 4. The lowest BCUT2D eigenvalue weighted by molar-refractivity contribution is -0.274. The summed E-state index contributed by atoms with van der Waals surface area (Å²) in [5.74, 6) is -0.339. The normalized spacial score (nSPS) is 13.6. The van der Waals surface area contributed by atoms with Gasteiger partial charge in [-0.1, -0.05) is 30.3 Å². The number of rotatable bonds is 3. The van der Waals surface area contributed by atoms with Crippen molar-refractivity contribution < 1.29 is 23.0 Å². The fraction of sp³-hybridized carbons (Fsp3) is 0.200. The molecule has 33 heavy (non-hydrogen) atoms. The van der Waals surface area contributed by atoms with Crippen LogP contribution in [0.1, 0.15) is 29.7 Å². The first-order chi connectivity index (χ1) is 15.6. The number of aromatic nitrogens is 2. The standard InChI is InChI=1S/C25H19F3N2O3/c1-13-17(14(2)31)11-21-23-19(12-30(21)24(13)32)22(15-6-4-3-5-7-15)18-10-16(33-25(26,27)28)8-9-20(18)29-23/h3-11,14,31H,12H2,1-2H3. The lowest BCUT2D eigenvalue weighted by Gasteiger charge is -2.15. The zero-order valence-corrected chi connectivity index (χ0v) is 17.8. The first-order valence-electron chi connectivity index (χ1n) is 10.3. The van der Waals surface area contributed by atoms with Gasteiger partial charge < -0.3 is 14.4 Å². The van der Waals surface area contributed by atoms with Gasteiger partial charge in [0, 0.05) is 16.5 Å². The molecule has 0 saturated heterocycles. The molecule has 5 nitrogen and oxygen atoms in total. The Balaban J connectivity index is 1.83. The molecule has 1 aliphatic rings. The summed E-state index contributed by atoms with van der Waals surface area (Å²) >= 11 is 0. The van der Waals surface area contributed by atoms with E-state index >= 15 is 0 Å². The largest absolute Gasteiger partial charge is 0.573 e. The molecule has 5 rings (SSSR count). The molecule has 0 saturated carbocycles. The van der Waals surface area contributed by atoms with Crippen LogP contribution in [0, 0.1) is 6.92 Å². The van der Waals surface area contributed by atoms with Gasteiger partial charge in [0.05, 0.1) is 29.6 Å². The summed E-state index contributed by atoms with van der Waals surface area (Å²) in [5.41, 5.74) is 4.59. The van der Waals surface area contributed by atoms with Crippen LogP contribution < -0.4 is 10.3 Å². The van der Waals surface area contributed by atoms with Crippen molar-refractivity contribution in [3.8, 4) is 28.3 Å². The summed E-state index contributed by atoms with van der Waals surface area (Å²) in [6.07, 6.45) is -5.65. The minimum Gasteiger partial charge on any atom is -0.406 e. The van der Waals surface area contributed by atoms with Gasteiger partial charge in [0.2, 0.25) is 0 Å². The van der Waals surface area contributed by atoms with E-state index in [0.717, 1.165) is 11.1 Å². The molecular weight excluding hydrogens is 433 g/mol. The van der Waals surface area contributed by atoms with Gasteiger partial charge >= 0.3 is 6.36 Å². The number of benzene rings is 2. The summed E-state index contributed by atoms with van der Waals surface area (Å²) in [7, 11) is 0. The van der Waals surface area contributed by atoms with Crippen LogP contribution in [0.3, 0.4) is 0 Å². The van der Waals surface area contributed by atoms with E-state index in [9.17, 15) is 23.1 Å². The zero-order chi connectivity index (χ0) is 23.5. The Morgan fingerprint density at radius 3 is 2.52 bits per heavy atom. The molecule has 0 fully saturated rings. The highest BCUT2D eigenvalue weighted by Crippen LogP contribution is 2.42. The van der Waals surface area contributed by atoms with E-state index in [1.54, 1.807) is 24.5 Å². The first kappa shape index (κ1) is 21.2. The van der Waals surface area contributed by atoms with Crippen molar-refractivity contribution >= 4 is 10.9 Å². The predicted molar refractivity (Wildman–Crippen MR) is 118 cm³/mol. The van der Waals surface area contributed by atoms with Crippen LogP contribution in [0.25, 0.3) is 33.4 Å². The summed E-state index contributed by atoms with van der Waals surface area (Å²) in [5, 5.41) is 10.7. The maximum atomic E-state index is 13.1. The summed E-state index contributed by atoms with van der Waals surface area (Å²) in [6.45, 7) is 3.49. The van der Waals surface area contributed by atoms with E-state index < -0.39 is 12.5 Å². The number of ether oxygens (including phenoxy) is 1. The minimum atomic E-state index is -4.82. The summed E-state index contributed by atoms with van der Waals surface area (Å²) in [6, 6.07) is 15.1. The van der Waals surface area contributed by atoms with Gasteiger partial charge in [-0.05, 0) is 54.8 Å².